The van der Waals surface area contributed by atoms with Crippen LogP contribution in [0, 0.1) is 10.1 Å². The SMILES string of the molecule is O=[N+]([O-])c1ccc2c(c1)C1(CC2)SCCS1. The Morgan fingerprint density at radius 2 is 2.06 bits per heavy atom. The van der Waals surface area contributed by atoms with Gasteiger partial charge in [-0.15, -0.1) is 23.5 Å². The molecule has 0 saturated carbocycles. The van der Waals surface area contributed by atoms with Crippen molar-refractivity contribution in [3.63, 3.8) is 0 Å². The number of nitrogens with zero attached hydrogens (tertiary/aromatic N) is 1. The summed E-state index contributed by atoms with van der Waals surface area (Å²) >= 11 is 3.91. The minimum atomic E-state index is -0.295. The van der Waals surface area contributed by atoms with Gasteiger partial charge in [-0.1, -0.05) is 6.07 Å². The third-order valence-corrected chi connectivity index (χ3v) is 6.75. The summed E-state index contributed by atoms with van der Waals surface area (Å²) in [5.41, 5.74) is 2.73. The zero-order valence-corrected chi connectivity index (χ0v) is 10.3. The van der Waals surface area contributed by atoms with Crippen LogP contribution in [0.2, 0.25) is 0 Å². The lowest BCUT2D eigenvalue weighted by Crippen LogP contribution is -2.09. The molecule has 1 aromatic rings. The number of aryl methyl sites for hydroxylation is 1. The van der Waals surface area contributed by atoms with Gasteiger partial charge in [0.25, 0.3) is 5.69 Å². The van der Waals surface area contributed by atoms with Crippen LogP contribution in [-0.2, 0) is 10.5 Å². The molecule has 1 aromatic carbocycles. The fourth-order valence-corrected chi connectivity index (χ4v) is 5.78. The molecule has 0 amide bonds. The van der Waals surface area contributed by atoms with Gasteiger partial charge in [0, 0.05) is 23.6 Å². The minimum Gasteiger partial charge on any atom is -0.258 e. The van der Waals surface area contributed by atoms with Crippen molar-refractivity contribution in [2.75, 3.05) is 11.5 Å². The van der Waals surface area contributed by atoms with Crippen molar-refractivity contribution in [1.82, 2.24) is 0 Å². The van der Waals surface area contributed by atoms with E-state index in [1.807, 2.05) is 29.6 Å². The highest BCUT2D eigenvalue weighted by atomic mass is 32.2. The zero-order chi connectivity index (χ0) is 11.2. The summed E-state index contributed by atoms with van der Waals surface area (Å²) in [6, 6.07) is 5.34. The standard InChI is InChI=1S/C11H11NO2S2/c13-12(14)9-2-1-8-3-4-11(10(8)7-9)15-5-6-16-11/h1-2,7H,3-6H2. The quantitative estimate of drug-likeness (QED) is 0.569. The second-order valence-corrected chi connectivity index (χ2v) is 7.09. The number of hydrogen-bond donors (Lipinski definition) is 0. The Labute approximate surface area is 102 Å². The largest absolute Gasteiger partial charge is 0.269 e. The Balaban J connectivity index is 2.09. The van der Waals surface area contributed by atoms with Crippen LogP contribution in [0.3, 0.4) is 0 Å². The van der Waals surface area contributed by atoms with Gasteiger partial charge in [0.1, 0.15) is 0 Å². The summed E-state index contributed by atoms with van der Waals surface area (Å²) in [5, 5.41) is 10.8. The van der Waals surface area contributed by atoms with E-state index in [-0.39, 0.29) is 14.7 Å². The first-order chi connectivity index (χ1) is 7.71. The summed E-state index contributed by atoms with van der Waals surface area (Å²) in [6.07, 6.45) is 2.19. The van der Waals surface area contributed by atoms with Gasteiger partial charge in [0.15, 0.2) is 0 Å². The molecule has 0 N–H and O–H groups in total. The molecule has 2 aliphatic rings. The monoisotopic (exact) mass is 253 g/mol. The molecule has 1 fully saturated rings. The molecular formula is C11H11NO2S2. The number of rotatable bonds is 1. The van der Waals surface area contributed by atoms with Crippen molar-refractivity contribution in [3.05, 3.63) is 39.4 Å². The molecule has 3 nitrogen and oxygen atoms in total. The van der Waals surface area contributed by atoms with Crippen LogP contribution in [0.4, 0.5) is 5.69 Å². The van der Waals surface area contributed by atoms with Crippen molar-refractivity contribution < 1.29 is 4.92 Å². The van der Waals surface area contributed by atoms with Crippen LogP contribution in [-0.4, -0.2) is 16.4 Å². The van der Waals surface area contributed by atoms with Crippen LogP contribution in [0.1, 0.15) is 17.5 Å². The van der Waals surface area contributed by atoms with E-state index in [2.05, 4.69) is 0 Å². The lowest BCUT2D eigenvalue weighted by atomic mass is 10.1. The van der Waals surface area contributed by atoms with Gasteiger partial charge in [0.2, 0.25) is 0 Å². The molecule has 0 atom stereocenters. The van der Waals surface area contributed by atoms with Gasteiger partial charge < -0.3 is 0 Å². The Bertz CT molecular complexity index is 455. The van der Waals surface area contributed by atoms with Crippen molar-refractivity contribution in [2.45, 2.75) is 16.9 Å². The predicted octanol–water partition coefficient (Wildman–Crippen LogP) is 3.17. The Hall–Kier alpha value is -0.680. The first kappa shape index (κ1) is 10.5. The van der Waals surface area contributed by atoms with Gasteiger partial charge in [-0.25, -0.2) is 0 Å². The number of hydrogen-bond acceptors (Lipinski definition) is 4. The molecule has 1 aliphatic carbocycles. The Morgan fingerprint density at radius 1 is 1.31 bits per heavy atom. The number of fused-ring (bicyclic) bond motifs is 2. The molecule has 1 spiro atoms. The smallest absolute Gasteiger partial charge is 0.258 e. The molecule has 1 saturated heterocycles. The molecule has 0 aromatic heterocycles. The van der Waals surface area contributed by atoms with Crippen LogP contribution in [0.15, 0.2) is 18.2 Å². The summed E-state index contributed by atoms with van der Waals surface area (Å²) in [7, 11) is 0. The van der Waals surface area contributed by atoms with E-state index in [1.54, 1.807) is 12.1 Å². The second kappa shape index (κ2) is 3.67. The maximum absolute atomic E-state index is 10.8. The number of nitro groups is 1. The van der Waals surface area contributed by atoms with E-state index in [0.717, 1.165) is 24.3 Å². The Morgan fingerprint density at radius 3 is 2.75 bits per heavy atom. The zero-order valence-electron chi connectivity index (χ0n) is 8.64. The number of nitro benzene ring substituents is 1. The van der Waals surface area contributed by atoms with Crippen molar-refractivity contribution in [3.8, 4) is 0 Å². The lowest BCUT2D eigenvalue weighted by molar-refractivity contribution is -0.384. The molecule has 1 aliphatic heterocycles. The van der Waals surface area contributed by atoms with Crippen LogP contribution in [0.5, 0.6) is 0 Å². The maximum atomic E-state index is 10.8. The fourth-order valence-electron chi connectivity index (χ4n) is 2.44. The third-order valence-electron chi connectivity index (χ3n) is 3.19. The summed E-state index contributed by atoms with van der Waals surface area (Å²) in [6.45, 7) is 0. The highest BCUT2D eigenvalue weighted by Crippen LogP contribution is 2.59. The first-order valence-electron chi connectivity index (χ1n) is 5.27. The van der Waals surface area contributed by atoms with E-state index in [4.69, 9.17) is 0 Å². The predicted molar refractivity (Wildman–Crippen MR) is 68.0 cm³/mol. The molecule has 84 valence electrons. The maximum Gasteiger partial charge on any atom is 0.269 e. The molecular weight excluding hydrogens is 242 g/mol. The average Bonchev–Trinajstić information content (AvgIpc) is 2.88. The topological polar surface area (TPSA) is 43.1 Å². The molecule has 16 heavy (non-hydrogen) atoms. The van der Waals surface area contributed by atoms with Gasteiger partial charge in [-0.2, -0.15) is 0 Å². The van der Waals surface area contributed by atoms with Crippen molar-refractivity contribution in [2.24, 2.45) is 0 Å². The normalized spacial score (nSPS) is 21.2. The van der Waals surface area contributed by atoms with E-state index < -0.39 is 0 Å². The number of thioether (sulfide) groups is 2. The highest BCUT2D eigenvalue weighted by molar-refractivity contribution is 8.20. The highest BCUT2D eigenvalue weighted by Gasteiger charge is 2.43. The van der Waals surface area contributed by atoms with Gasteiger partial charge in [-0.3, -0.25) is 10.1 Å². The van der Waals surface area contributed by atoms with E-state index in [0.29, 0.717) is 0 Å². The molecule has 5 heteroatoms. The average molecular weight is 253 g/mol. The third kappa shape index (κ3) is 1.45. The van der Waals surface area contributed by atoms with E-state index in [1.165, 1.54) is 11.1 Å². The molecule has 1 heterocycles. The van der Waals surface area contributed by atoms with Gasteiger partial charge in [0.05, 0.1) is 9.00 Å². The van der Waals surface area contributed by atoms with Crippen molar-refractivity contribution in [1.29, 1.82) is 0 Å². The van der Waals surface area contributed by atoms with E-state index in [9.17, 15) is 10.1 Å². The van der Waals surface area contributed by atoms with Gasteiger partial charge in [-0.05, 0) is 24.0 Å². The van der Waals surface area contributed by atoms with Crippen molar-refractivity contribution >= 4 is 29.2 Å². The summed E-state index contributed by atoms with van der Waals surface area (Å²) in [5.74, 6) is 2.32. The molecule has 0 radical (unpaired) electrons. The lowest BCUT2D eigenvalue weighted by Gasteiger charge is -2.21. The summed E-state index contributed by atoms with van der Waals surface area (Å²) in [4.78, 5) is 10.5. The van der Waals surface area contributed by atoms with Crippen LogP contribution in [0.25, 0.3) is 0 Å². The first-order valence-corrected chi connectivity index (χ1v) is 7.24. The Kier molecular flexibility index (Phi) is 2.40. The fraction of sp³-hybridized carbons (Fsp3) is 0.455. The van der Waals surface area contributed by atoms with Crippen LogP contribution < -0.4 is 0 Å². The second-order valence-electron chi connectivity index (χ2n) is 4.05. The van der Waals surface area contributed by atoms with E-state index >= 15 is 0 Å². The summed E-state index contributed by atoms with van der Waals surface area (Å²) < 4.78 is 0.126. The molecule has 3 rings (SSSR count). The van der Waals surface area contributed by atoms with Gasteiger partial charge >= 0.3 is 0 Å². The number of benzene rings is 1. The molecule has 0 bridgehead atoms. The minimum absolute atomic E-state index is 0.126. The molecule has 0 unspecified atom stereocenters. The van der Waals surface area contributed by atoms with Crippen LogP contribution >= 0.6 is 23.5 Å². The number of non-ortho nitro benzene ring substituents is 1.